The Morgan fingerprint density at radius 2 is 1.75 bits per heavy atom. The average Bonchev–Trinajstić information content (AvgIpc) is 2.61. The zero-order chi connectivity index (χ0) is 11.8. The molecule has 1 nitrogen and oxygen atoms in total. The van der Waals surface area contributed by atoms with E-state index in [2.05, 4.69) is 41.9 Å². The van der Waals surface area contributed by atoms with Crippen LogP contribution in [0.15, 0.2) is 40.4 Å². The lowest BCUT2D eigenvalue weighted by Crippen LogP contribution is -2.19. The van der Waals surface area contributed by atoms with E-state index < -0.39 is 0 Å². The van der Waals surface area contributed by atoms with Crippen molar-refractivity contribution in [2.45, 2.75) is 32.1 Å². The summed E-state index contributed by atoms with van der Waals surface area (Å²) in [5, 5.41) is 0. The molecule has 0 atom stereocenters. The molecule has 1 aromatic rings. The highest BCUT2D eigenvalue weighted by atomic mass is 79.9. The number of ketones is 1. The minimum atomic E-state index is -0.0632. The zero-order valence-electron chi connectivity index (χ0n) is 9.59. The van der Waals surface area contributed by atoms with Crippen LogP contribution in [0.3, 0.4) is 0 Å². The van der Waals surface area contributed by atoms with Gasteiger partial charge in [-0.3, -0.25) is 4.79 Å². The summed E-state index contributed by atoms with van der Waals surface area (Å²) in [5.41, 5.74) is 2.42. The summed E-state index contributed by atoms with van der Waals surface area (Å²) >= 11 is 3.43. The molecule has 0 saturated carbocycles. The van der Waals surface area contributed by atoms with E-state index >= 15 is 0 Å². The van der Waals surface area contributed by atoms with Crippen LogP contribution in [0.2, 0.25) is 0 Å². The topological polar surface area (TPSA) is 17.1 Å². The maximum atomic E-state index is 11.6. The molecule has 16 heavy (non-hydrogen) atoms. The molecule has 1 aliphatic carbocycles. The molecule has 2 heteroatoms. The highest BCUT2D eigenvalue weighted by molar-refractivity contribution is 9.12. The molecule has 0 N–H and O–H groups in total. The maximum absolute atomic E-state index is 11.6. The Morgan fingerprint density at radius 1 is 1.12 bits per heavy atom. The molecule has 0 radical (unpaired) electrons. The summed E-state index contributed by atoms with van der Waals surface area (Å²) in [5.74, 6) is 0.235. The van der Waals surface area contributed by atoms with E-state index in [-0.39, 0.29) is 11.2 Å². The standard InChI is InChI=1S/C14H15BrO/c1-14(2,10-6-4-3-5-7-10)11-8-9-12(16)13(11)15/h3-7H,8-9H2,1-2H3. The maximum Gasteiger partial charge on any atom is 0.170 e. The van der Waals surface area contributed by atoms with Gasteiger partial charge < -0.3 is 0 Å². The molecule has 0 fully saturated rings. The van der Waals surface area contributed by atoms with E-state index in [0.29, 0.717) is 6.42 Å². The zero-order valence-corrected chi connectivity index (χ0v) is 11.2. The molecule has 0 bridgehead atoms. The summed E-state index contributed by atoms with van der Waals surface area (Å²) in [6.07, 6.45) is 1.52. The van der Waals surface area contributed by atoms with Gasteiger partial charge in [-0.1, -0.05) is 44.2 Å². The first-order chi connectivity index (χ1) is 7.53. The number of halogens is 1. The van der Waals surface area contributed by atoms with Gasteiger partial charge in [0.1, 0.15) is 0 Å². The fraction of sp³-hybridized carbons (Fsp3) is 0.357. The number of carbonyl (C=O) groups is 1. The number of benzene rings is 1. The number of carbonyl (C=O) groups excluding carboxylic acids is 1. The van der Waals surface area contributed by atoms with Gasteiger partial charge in [0.05, 0.1) is 4.48 Å². The fourth-order valence-electron chi connectivity index (χ4n) is 2.24. The van der Waals surface area contributed by atoms with E-state index in [1.807, 2.05) is 18.2 Å². The lowest BCUT2D eigenvalue weighted by Gasteiger charge is -2.27. The van der Waals surface area contributed by atoms with Crippen molar-refractivity contribution in [1.82, 2.24) is 0 Å². The highest BCUT2D eigenvalue weighted by Gasteiger charge is 2.33. The van der Waals surface area contributed by atoms with Gasteiger partial charge in [-0.2, -0.15) is 0 Å². The van der Waals surface area contributed by atoms with Crippen molar-refractivity contribution >= 4 is 21.7 Å². The normalized spacial score (nSPS) is 17.1. The number of hydrogen-bond acceptors (Lipinski definition) is 1. The number of Topliss-reactive ketones (excluding diaryl/α,β-unsaturated/α-hetero) is 1. The van der Waals surface area contributed by atoms with Crippen molar-refractivity contribution in [2.75, 3.05) is 0 Å². The van der Waals surface area contributed by atoms with Gasteiger partial charge in [0.25, 0.3) is 0 Å². The molecular weight excluding hydrogens is 264 g/mol. The Labute approximate surface area is 105 Å². The van der Waals surface area contributed by atoms with Crippen molar-refractivity contribution < 1.29 is 4.79 Å². The van der Waals surface area contributed by atoms with Crippen molar-refractivity contribution in [3.05, 3.63) is 46.0 Å². The third-order valence-corrected chi connectivity index (χ3v) is 4.28. The molecule has 1 aliphatic rings. The lowest BCUT2D eigenvalue weighted by molar-refractivity contribution is -0.114. The van der Waals surface area contributed by atoms with Crippen LogP contribution >= 0.6 is 15.9 Å². The van der Waals surface area contributed by atoms with Crippen molar-refractivity contribution in [1.29, 1.82) is 0 Å². The van der Waals surface area contributed by atoms with Crippen LogP contribution < -0.4 is 0 Å². The predicted octanol–water partition coefficient (Wildman–Crippen LogP) is 3.98. The molecule has 0 aromatic heterocycles. The Kier molecular flexibility index (Phi) is 3.02. The first kappa shape index (κ1) is 11.6. The van der Waals surface area contributed by atoms with Crippen LogP contribution in [0, 0.1) is 0 Å². The SMILES string of the molecule is CC(C)(C1=C(Br)C(=O)CC1)c1ccccc1. The summed E-state index contributed by atoms with van der Waals surface area (Å²) in [7, 11) is 0. The highest BCUT2D eigenvalue weighted by Crippen LogP contribution is 2.41. The smallest absolute Gasteiger partial charge is 0.170 e. The molecule has 0 spiro atoms. The average molecular weight is 279 g/mol. The quantitative estimate of drug-likeness (QED) is 0.800. The largest absolute Gasteiger partial charge is 0.294 e. The van der Waals surface area contributed by atoms with E-state index in [1.54, 1.807) is 0 Å². The lowest BCUT2D eigenvalue weighted by atomic mass is 9.77. The van der Waals surface area contributed by atoms with E-state index in [1.165, 1.54) is 11.1 Å². The van der Waals surface area contributed by atoms with Gasteiger partial charge in [-0.25, -0.2) is 0 Å². The number of rotatable bonds is 2. The number of allylic oxidation sites excluding steroid dienone is 2. The molecule has 2 rings (SSSR count). The van der Waals surface area contributed by atoms with E-state index in [9.17, 15) is 4.79 Å². The van der Waals surface area contributed by atoms with Crippen molar-refractivity contribution in [3.8, 4) is 0 Å². The second-order valence-electron chi connectivity index (χ2n) is 4.71. The van der Waals surface area contributed by atoms with Crippen LogP contribution in [0.5, 0.6) is 0 Å². The Morgan fingerprint density at radius 3 is 2.25 bits per heavy atom. The van der Waals surface area contributed by atoms with Gasteiger partial charge in [0, 0.05) is 11.8 Å². The van der Waals surface area contributed by atoms with Gasteiger partial charge >= 0.3 is 0 Å². The summed E-state index contributed by atoms with van der Waals surface area (Å²) < 4.78 is 0.793. The van der Waals surface area contributed by atoms with Gasteiger partial charge in [0.15, 0.2) is 5.78 Å². The molecular formula is C14H15BrO. The second kappa shape index (κ2) is 4.17. The van der Waals surface area contributed by atoms with Crippen molar-refractivity contribution in [2.24, 2.45) is 0 Å². The first-order valence-corrected chi connectivity index (χ1v) is 6.30. The molecule has 1 aromatic carbocycles. The molecule has 0 amide bonds. The Hall–Kier alpha value is -0.890. The molecule has 0 unspecified atom stereocenters. The molecule has 84 valence electrons. The Bertz CT molecular complexity index is 443. The summed E-state index contributed by atoms with van der Waals surface area (Å²) in [4.78, 5) is 11.6. The van der Waals surface area contributed by atoms with Crippen LogP contribution in [0.25, 0.3) is 0 Å². The molecule has 0 aliphatic heterocycles. The van der Waals surface area contributed by atoms with Crippen LogP contribution in [0.1, 0.15) is 32.3 Å². The first-order valence-electron chi connectivity index (χ1n) is 5.51. The summed E-state index contributed by atoms with van der Waals surface area (Å²) in [6.45, 7) is 4.36. The van der Waals surface area contributed by atoms with Gasteiger partial charge in [0.2, 0.25) is 0 Å². The third-order valence-electron chi connectivity index (χ3n) is 3.36. The van der Waals surface area contributed by atoms with E-state index in [4.69, 9.17) is 0 Å². The summed E-state index contributed by atoms with van der Waals surface area (Å²) in [6, 6.07) is 10.3. The Balaban J connectivity index is 2.44. The monoisotopic (exact) mass is 278 g/mol. The van der Waals surface area contributed by atoms with Gasteiger partial charge in [-0.05, 0) is 33.5 Å². The van der Waals surface area contributed by atoms with Crippen molar-refractivity contribution in [3.63, 3.8) is 0 Å². The number of hydrogen-bond donors (Lipinski definition) is 0. The van der Waals surface area contributed by atoms with Crippen LogP contribution in [-0.2, 0) is 10.2 Å². The third kappa shape index (κ3) is 1.86. The van der Waals surface area contributed by atoms with Crippen LogP contribution in [0.4, 0.5) is 0 Å². The second-order valence-corrected chi connectivity index (χ2v) is 5.50. The molecule has 0 heterocycles. The minimum Gasteiger partial charge on any atom is -0.294 e. The fourth-order valence-corrected chi connectivity index (χ4v) is 3.13. The van der Waals surface area contributed by atoms with E-state index in [0.717, 1.165) is 10.9 Å². The molecule has 0 saturated heterocycles. The predicted molar refractivity (Wildman–Crippen MR) is 69.7 cm³/mol. The van der Waals surface area contributed by atoms with Crippen LogP contribution in [-0.4, -0.2) is 5.78 Å². The minimum absolute atomic E-state index is 0.0632. The van der Waals surface area contributed by atoms with Gasteiger partial charge in [-0.15, -0.1) is 0 Å².